The van der Waals surface area contributed by atoms with Crippen LogP contribution in [0.15, 0.2) is 51.2 Å². The van der Waals surface area contributed by atoms with Crippen LogP contribution in [0.3, 0.4) is 0 Å². The van der Waals surface area contributed by atoms with Gasteiger partial charge in [0.2, 0.25) is 5.91 Å². The fourth-order valence-corrected chi connectivity index (χ4v) is 5.34. The molecule has 32 heavy (non-hydrogen) atoms. The Hall–Kier alpha value is -2.38. The van der Waals surface area contributed by atoms with Crippen molar-refractivity contribution in [2.75, 3.05) is 6.61 Å². The highest BCUT2D eigenvalue weighted by atomic mass is 127. The van der Waals surface area contributed by atoms with Gasteiger partial charge in [0.15, 0.2) is 16.7 Å². The maximum absolute atomic E-state index is 12.8. The molecule has 0 spiro atoms. The third-order valence-corrected chi connectivity index (χ3v) is 6.97. The summed E-state index contributed by atoms with van der Waals surface area (Å²) >= 11 is 2.99. The molecule has 0 radical (unpaired) electrons. The molecule has 11 heteroatoms. The number of aliphatic imine (C=N–C) groups is 1. The van der Waals surface area contributed by atoms with E-state index >= 15 is 0 Å². The average molecular weight is 586 g/mol. The van der Waals surface area contributed by atoms with E-state index in [1.54, 1.807) is 37.3 Å². The van der Waals surface area contributed by atoms with E-state index in [0.717, 1.165) is 17.3 Å². The molecule has 168 valence electrons. The summed E-state index contributed by atoms with van der Waals surface area (Å²) in [4.78, 5) is 27.5. The minimum Gasteiger partial charge on any atom is -0.490 e. The second-order valence-electron chi connectivity index (χ2n) is 6.63. The molecular weight excluding hydrogens is 567 g/mol. The molecule has 0 bridgehead atoms. The van der Waals surface area contributed by atoms with Crippen LogP contribution in [0.25, 0.3) is 6.08 Å². The standard InChI is InChI=1S/C21H19IN2O6S2/c1-4-29-17-10-14(11-18-20(26)24-21(31-18)23-13(3)25)9-16(22)19(17)30-32(27,28)15-7-5-12(2)6-8-15/h5-11H,4H2,1-3H3,(H,23,24,25,26)/b18-11+. The smallest absolute Gasteiger partial charge is 0.339 e. The number of amidine groups is 1. The summed E-state index contributed by atoms with van der Waals surface area (Å²) in [5.74, 6) is -0.514. The zero-order chi connectivity index (χ0) is 23.5. The normalized spacial score (nSPS) is 14.9. The summed E-state index contributed by atoms with van der Waals surface area (Å²) in [5, 5.41) is 2.69. The zero-order valence-corrected chi connectivity index (χ0v) is 21.1. The first-order chi connectivity index (χ1) is 15.1. The first-order valence-electron chi connectivity index (χ1n) is 9.36. The van der Waals surface area contributed by atoms with Crippen LogP contribution in [0.2, 0.25) is 0 Å². The molecule has 0 fully saturated rings. The Morgan fingerprint density at radius 3 is 2.56 bits per heavy atom. The summed E-state index contributed by atoms with van der Waals surface area (Å²) in [6, 6.07) is 9.59. The number of rotatable bonds is 6. The quantitative estimate of drug-likeness (QED) is 0.311. The number of carbonyl (C=O) groups excluding carboxylic acids is 2. The molecule has 0 aliphatic carbocycles. The number of hydrogen-bond donors (Lipinski definition) is 1. The molecule has 8 nitrogen and oxygen atoms in total. The van der Waals surface area contributed by atoms with Gasteiger partial charge in [-0.25, -0.2) is 0 Å². The van der Waals surface area contributed by atoms with Gasteiger partial charge in [-0.1, -0.05) is 17.7 Å². The highest BCUT2D eigenvalue weighted by Crippen LogP contribution is 2.38. The number of ether oxygens (including phenoxy) is 1. The molecule has 0 atom stereocenters. The molecule has 3 rings (SSSR count). The number of nitrogens with one attached hydrogen (secondary N) is 1. The van der Waals surface area contributed by atoms with Gasteiger partial charge < -0.3 is 14.2 Å². The van der Waals surface area contributed by atoms with E-state index < -0.39 is 16.0 Å². The Morgan fingerprint density at radius 1 is 1.25 bits per heavy atom. The van der Waals surface area contributed by atoms with E-state index in [-0.39, 0.29) is 34.1 Å². The molecule has 2 amide bonds. The lowest BCUT2D eigenvalue weighted by Crippen LogP contribution is -2.23. The Kier molecular flexibility index (Phi) is 7.62. The van der Waals surface area contributed by atoms with Crippen molar-refractivity contribution in [1.82, 2.24) is 5.32 Å². The van der Waals surface area contributed by atoms with Crippen molar-refractivity contribution in [3.05, 3.63) is 56.0 Å². The molecule has 2 aromatic rings. The summed E-state index contributed by atoms with van der Waals surface area (Å²) in [7, 11) is -4.07. The maximum Gasteiger partial charge on any atom is 0.339 e. The van der Waals surface area contributed by atoms with Gasteiger partial charge in [-0.05, 0) is 84.1 Å². The van der Waals surface area contributed by atoms with Crippen LogP contribution in [0.5, 0.6) is 11.5 Å². The van der Waals surface area contributed by atoms with E-state index in [1.807, 2.05) is 29.5 Å². The highest BCUT2D eigenvalue weighted by Gasteiger charge is 2.25. The lowest BCUT2D eigenvalue weighted by Gasteiger charge is -2.15. The van der Waals surface area contributed by atoms with Crippen LogP contribution >= 0.6 is 34.4 Å². The van der Waals surface area contributed by atoms with Crippen molar-refractivity contribution >= 4 is 67.5 Å². The van der Waals surface area contributed by atoms with Crippen molar-refractivity contribution in [2.24, 2.45) is 4.99 Å². The summed E-state index contributed by atoms with van der Waals surface area (Å²) in [6.45, 7) is 5.23. The second-order valence-corrected chi connectivity index (χ2v) is 10.4. The van der Waals surface area contributed by atoms with Crippen molar-refractivity contribution in [2.45, 2.75) is 25.7 Å². The Balaban J connectivity index is 1.93. The van der Waals surface area contributed by atoms with E-state index in [1.165, 1.54) is 19.1 Å². The summed E-state index contributed by atoms with van der Waals surface area (Å²) < 4.78 is 37.1. The fourth-order valence-electron chi connectivity index (χ4n) is 2.64. The van der Waals surface area contributed by atoms with Gasteiger partial charge in [-0.15, -0.1) is 0 Å². The van der Waals surface area contributed by atoms with E-state index in [2.05, 4.69) is 10.3 Å². The molecule has 0 saturated heterocycles. The summed E-state index contributed by atoms with van der Waals surface area (Å²) in [6.07, 6.45) is 1.59. The molecule has 0 saturated carbocycles. The molecule has 1 aliphatic heterocycles. The monoisotopic (exact) mass is 586 g/mol. The molecule has 1 aliphatic rings. The second kappa shape index (κ2) is 10.0. The lowest BCUT2D eigenvalue weighted by atomic mass is 10.2. The maximum atomic E-state index is 12.8. The number of hydrogen-bond acceptors (Lipinski definition) is 7. The number of aryl methyl sites for hydroxylation is 1. The van der Waals surface area contributed by atoms with E-state index in [0.29, 0.717) is 14.0 Å². The van der Waals surface area contributed by atoms with Gasteiger partial charge in [-0.2, -0.15) is 13.4 Å². The predicted octanol–water partition coefficient (Wildman–Crippen LogP) is 3.87. The molecule has 1 heterocycles. The third-order valence-electron chi connectivity index (χ3n) is 4.04. The predicted molar refractivity (Wildman–Crippen MR) is 131 cm³/mol. The molecule has 2 aromatic carbocycles. The third kappa shape index (κ3) is 5.90. The first kappa shape index (κ1) is 24.3. The van der Waals surface area contributed by atoms with Crippen molar-refractivity contribution < 1.29 is 26.9 Å². The minimum atomic E-state index is -4.07. The lowest BCUT2D eigenvalue weighted by molar-refractivity contribution is -0.117. The number of amides is 2. The Bertz CT molecular complexity index is 1240. The van der Waals surface area contributed by atoms with Gasteiger partial charge in [0.1, 0.15) is 4.90 Å². The number of benzene rings is 2. The molecule has 0 unspecified atom stereocenters. The van der Waals surface area contributed by atoms with Crippen LogP contribution in [0.1, 0.15) is 25.0 Å². The number of halogens is 1. The highest BCUT2D eigenvalue weighted by molar-refractivity contribution is 14.1. The number of nitrogens with zero attached hydrogens (tertiary/aromatic N) is 1. The molecule has 1 N–H and O–H groups in total. The largest absolute Gasteiger partial charge is 0.490 e. The van der Waals surface area contributed by atoms with Gasteiger partial charge >= 0.3 is 10.1 Å². The number of thioether (sulfide) groups is 1. The van der Waals surface area contributed by atoms with Crippen LogP contribution in [-0.4, -0.2) is 32.0 Å². The van der Waals surface area contributed by atoms with Gasteiger partial charge in [-0.3, -0.25) is 9.59 Å². The Morgan fingerprint density at radius 2 is 1.94 bits per heavy atom. The van der Waals surface area contributed by atoms with Crippen LogP contribution in [0.4, 0.5) is 0 Å². The average Bonchev–Trinajstić information content (AvgIpc) is 3.03. The van der Waals surface area contributed by atoms with E-state index in [4.69, 9.17) is 8.92 Å². The van der Waals surface area contributed by atoms with Crippen molar-refractivity contribution in [3.63, 3.8) is 0 Å². The van der Waals surface area contributed by atoms with Crippen LogP contribution in [0, 0.1) is 10.5 Å². The Labute approximate surface area is 203 Å². The van der Waals surface area contributed by atoms with Crippen molar-refractivity contribution in [1.29, 1.82) is 0 Å². The van der Waals surface area contributed by atoms with Crippen molar-refractivity contribution in [3.8, 4) is 11.5 Å². The van der Waals surface area contributed by atoms with Crippen LogP contribution < -0.4 is 14.2 Å². The van der Waals surface area contributed by atoms with Crippen LogP contribution in [-0.2, 0) is 19.7 Å². The van der Waals surface area contributed by atoms with E-state index in [9.17, 15) is 18.0 Å². The SMILES string of the molecule is CCOc1cc(/C=C2/SC(NC(C)=O)=NC2=O)cc(I)c1OS(=O)(=O)c1ccc(C)cc1. The van der Waals surface area contributed by atoms with Gasteiger partial charge in [0.05, 0.1) is 15.1 Å². The van der Waals surface area contributed by atoms with Gasteiger partial charge in [0.25, 0.3) is 5.91 Å². The fraction of sp³-hybridized carbons (Fsp3) is 0.190. The topological polar surface area (TPSA) is 111 Å². The minimum absolute atomic E-state index is 0.0307. The number of carbonyl (C=O) groups is 2. The zero-order valence-electron chi connectivity index (χ0n) is 17.3. The first-order valence-corrected chi connectivity index (χ1v) is 12.7. The molecular formula is C21H19IN2O6S2. The molecule has 0 aromatic heterocycles. The summed E-state index contributed by atoms with van der Waals surface area (Å²) in [5.41, 5.74) is 1.52. The van der Waals surface area contributed by atoms with Gasteiger partial charge in [0, 0.05) is 6.92 Å².